The van der Waals surface area contributed by atoms with Crippen molar-refractivity contribution in [2.75, 3.05) is 30.9 Å². The number of rotatable bonds is 6. The fraction of sp³-hybridized carbons (Fsp3) is 0.214. The van der Waals surface area contributed by atoms with Crippen LogP contribution in [0.15, 0.2) is 42.5 Å². The van der Waals surface area contributed by atoms with Gasteiger partial charge in [0.25, 0.3) is 5.91 Å². The van der Waals surface area contributed by atoms with Gasteiger partial charge in [0.15, 0.2) is 5.69 Å². The van der Waals surface area contributed by atoms with Crippen molar-refractivity contribution < 1.29 is 9.53 Å². The predicted octanol–water partition coefficient (Wildman–Crippen LogP) is 1.79. The van der Waals surface area contributed by atoms with Crippen LogP contribution in [0, 0.1) is 0 Å². The number of anilines is 2. The molecule has 0 unspecified atom stereocenters. The maximum Gasteiger partial charge on any atom is 0.276 e. The molecule has 0 aliphatic rings. The Bertz CT molecular complexity index is 543. The number of hydrogen-bond acceptors (Lipinski definition) is 5. The highest BCUT2D eigenvalue weighted by Crippen LogP contribution is 2.08. The van der Waals surface area contributed by atoms with Gasteiger partial charge in [-0.3, -0.25) is 4.79 Å². The number of benzene rings is 1. The standard InChI is InChI=1S/C14H16N4O2/c1-20-10-9-15-13-8-7-12(17-18-13)14(19)16-11-5-3-2-4-6-11/h2-8H,9-10H2,1H3,(H,15,18)(H,16,19). The lowest BCUT2D eigenvalue weighted by Gasteiger charge is -2.06. The van der Waals surface area contributed by atoms with E-state index in [1.807, 2.05) is 30.3 Å². The van der Waals surface area contributed by atoms with Gasteiger partial charge in [0.1, 0.15) is 5.82 Å². The van der Waals surface area contributed by atoms with Crippen molar-refractivity contribution in [3.63, 3.8) is 0 Å². The van der Waals surface area contributed by atoms with Crippen molar-refractivity contribution >= 4 is 17.4 Å². The van der Waals surface area contributed by atoms with Crippen LogP contribution in [-0.4, -0.2) is 36.4 Å². The first-order chi connectivity index (χ1) is 9.79. The van der Waals surface area contributed by atoms with Gasteiger partial charge in [-0.05, 0) is 24.3 Å². The Morgan fingerprint density at radius 2 is 1.95 bits per heavy atom. The van der Waals surface area contributed by atoms with E-state index in [-0.39, 0.29) is 11.6 Å². The molecule has 20 heavy (non-hydrogen) atoms. The number of nitrogens with zero attached hydrogens (tertiary/aromatic N) is 2. The zero-order valence-electron chi connectivity index (χ0n) is 11.2. The minimum Gasteiger partial charge on any atom is -0.383 e. The third-order valence-corrected chi connectivity index (χ3v) is 2.54. The number of ether oxygens (including phenoxy) is 1. The molecule has 0 spiro atoms. The summed E-state index contributed by atoms with van der Waals surface area (Å²) in [5.74, 6) is 0.324. The summed E-state index contributed by atoms with van der Waals surface area (Å²) in [6.07, 6.45) is 0. The van der Waals surface area contributed by atoms with E-state index in [1.54, 1.807) is 19.2 Å². The van der Waals surface area contributed by atoms with Crippen LogP contribution in [0.4, 0.5) is 11.5 Å². The molecule has 2 N–H and O–H groups in total. The second kappa shape index (κ2) is 7.20. The predicted molar refractivity (Wildman–Crippen MR) is 76.8 cm³/mol. The van der Waals surface area contributed by atoms with Gasteiger partial charge in [0.2, 0.25) is 0 Å². The minimum atomic E-state index is -0.285. The maximum atomic E-state index is 11.9. The second-order valence-corrected chi connectivity index (χ2v) is 4.04. The molecule has 0 aliphatic carbocycles. The fourth-order valence-corrected chi connectivity index (χ4v) is 1.55. The molecule has 0 aliphatic heterocycles. The van der Waals surface area contributed by atoms with Gasteiger partial charge in [-0.1, -0.05) is 18.2 Å². The molecule has 1 amide bonds. The van der Waals surface area contributed by atoms with Crippen LogP contribution in [0.25, 0.3) is 0 Å². The Labute approximate surface area is 117 Å². The molecule has 1 aromatic carbocycles. The summed E-state index contributed by atoms with van der Waals surface area (Å²) in [6.45, 7) is 1.22. The number of amides is 1. The highest BCUT2D eigenvalue weighted by Gasteiger charge is 2.08. The second-order valence-electron chi connectivity index (χ2n) is 4.04. The van der Waals surface area contributed by atoms with Gasteiger partial charge in [-0.25, -0.2) is 0 Å². The van der Waals surface area contributed by atoms with E-state index >= 15 is 0 Å². The van der Waals surface area contributed by atoms with Crippen LogP contribution in [0.2, 0.25) is 0 Å². The van der Waals surface area contributed by atoms with Crippen molar-refractivity contribution in [2.45, 2.75) is 0 Å². The molecule has 0 atom stereocenters. The largest absolute Gasteiger partial charge is 0.383 e. The Kier molecular flexibility index (Phi) is 5.02. The smallest absolute Gasteiger partial charge is 0.276 e. The van der Waals surface area contributed by atoms with Gasteiger partial charge < -0.3 is 15.4 Å². The first kappa shape index (κ1) is 14.0. The lowest BCUT2D eigenvalue weighted by atomic mass is 10.3. The molecular formula is C14H16N4O2. The molecule has 0 bridgehead atoms. The summed E-state index contributed by atoms with van der Waals surface area (Å²) >= 11 is 0. The Hall–Kier alpha value is -2.47. The van der Waals surface area contributed by atoms with Crippen molar-refractivity contribution in [3.8, 4) is 0 Å². The zero-order chi connectivity index (χ0) is 14.2. The molecule has 0 saturated carbocycles. The number of methoxy groups -OCH3 is 1. The van der Waals surface area contributed by atoms with E-state index in [9.17, 15) is 4.79 Å². The SMILES string of the molecule is COCCNc1ccc(C(=O)Nc2ccccc2)nn1. The summed E-state index contributed by atoms with van der Waals surface area (Å²) in [6, 6.07) is 12.5. The van der Waals surface area contributed by atoms with E-state index < -0.39 is 0 Å². The molecule has 6 heteroatoms. The highest BCUT2D eigenvalue weighted by atomic mass is 16.5. The number of carbonyl (C=O) groups is 1. The Morgan fingerprint density at radius 3 is 2.60 bits per heavy atom. The summed E-state index contributed by atoms with van der Waals surface area (Å²) in [5.41, 5.74) is 0.993. The van der Waals surface area contributed by atoms with Gasteiger partial charge in [0.05, 0.1) is 6.61 Å². The number of nitrogens with one attached hydrogen (secondary N) is 2. The molecule has 2 rings (SSSR count). The summed E-state index contributed by atoms with van der Waals surface area (Å²) in [5, 5.41) is 13.6. The van der Waals surface area contributed by atoms with E-state index in [2.05, 4.69) is 20.8 Å². The zero-order valence-corrected chi connectivity index (χ0v) is 11.2. The number of carbonyl (C=O) groups excluding carboxylic acids is 1. The van der Waals surface area contributed by atoms with Crippen molar-refractivity contribution in [1.29, 1.82) is 0 Å². The summed E-state index contributed by atoms with van der Waals surface area (Å²) < 4.78 is 4.92. The monoisotopic (exact) mass is 272 g/mol. The molecule has 0 fully saturated rings. The van der Waals surface area contributed by atoms with Gasteiger partial charge in [0, 0.05) is 19.3 Å². The average molecular weight is 272 g/mol. The molecule has 0 saturated heterocycles. The van der Waals surface area contributed by atoms with Crippen molar-refractivity contribution in [3.05, 3.63) is 48.2 Å². The number of para-hydroxylation sites is 1. The number of hydrogen-bond donors (Lipinski definition) is 2. The van der Waals surface area contributed by atoms with Crippen LogP contribution in [0.1, 0.15) is 10.5 Å². The minimum absolute atomic E-state index is 0.270. The van der Waals surface area contributed by atoms with E-state index in [1.165, 1.54) is 0 Å². The first-order valence-corrected chi connectivity index (χ1v) is 6.22. The first-order valence-electron chi connectivity index (χ1n) is 6.22. The molecule has 1 aromatic heterocycles. The van der Waals surface area contributed by atoms with Gasteiger partial charge in [-0.2, -0.15) is 0 Å². The lowest BCUT2D eigenvalue weighted by molar-refractivity contribution is 0.102. The van der Waals surface area contributed by atoms with E-state index in [0.717, 1.165) is 5.69 Å². The van der Waals surface area contributed by atoms with Crippen LogP contribution in [0.5, 0.6) is 0 Å². The molecule has 1 heterocycles. The molecule has 2 aromatic rings. The third-order valence-electron chi connectivity index (χ3n) is 2.54. The Morgan fingerprint density at radius 1 is 1.15 bits per heavy atom. The quantitative estimate of drug-likeness (QED) is 0.784. The summed E-state index contributed by atoms with van der Waals surface area (Å²) in [4.78, 5) is 11.9. The van der Waals surface area contributed by atoms with Gasteiger partial charge >= 0.3 is 0 Å². The van der Waals surface area contributed by atoms with E-state index in [0.29, 0.717) is 19.0 Å². The number of aromatic nitrogens is 2. The molecule has 0 radical (unpaired) electrons. The van der Waals surface area contributed by atoms with Crippen LogP contribution < -0.4 is 10.6 Å². The molecule has 6 nitrogen and oxygen atoms in total. The van der Waals surface area contributed by atoms with Crippen molar-refractivity contribution in [1.82, 2.24) is 10.2 Å². The average Bonchev–Trinajstić information content (AvgIpc) is 2.49. The Balaban J connectivity index is 1.94. The van der Waals surface area contributed by atoms with Gasteiger partial charge in [-0.15, -0.1) is 10.2 Å². The van der Waals surface area contributed by atoms with Crippen LogP contribution in [0.3, 0.4) is 0 Å². The summed E-state index contributed by atoms with van der Waals surface area (Å²) in [7, 11) is 1.63. The lowest BCUT2D eigenvalue weighted by Crippen LogP contribution is -2.15. The molecular weight excluding hydrogens is 256 g/mol. The third kappa shape index (κ3) is 4.03. The fourth-order valence-electron chi connectivity index (χ4n) is 1.55. The maximum absolute atomic E-state index is 11.9. The van der Waals surface area contributed by atoms with Crippen LogP contribution >= 0.6 is 0 Å². The topological polar surface area (TPSA) is 76.1 Å². The van der Waals surface area contributed by atoms with E-state index in [4.69, 9.17) is 4.74 Å². The molecule has 104 valence electrons. The highest BCUT2D eigenvalue weighted by molar-refractivity contribution is 6.02. The van der Waals surface area contributed by atoms with Crippen LogP contribution in [-0.2, 0) is 4.74 Å². The normalized spacial score (nSPS) is 10.1. The van der Waals surface area contributed by atoms with Crippen molar-refractivity contribution in [2.24, 2.45) is 0 Å².